The lowest BCUT2D eigenvalue weighted by Gasteiger charge is -2.27. The van der Waals surface area contributed by atoms with Crippen LogP contribution in [0.15, 0.2) is 0 Å². The van der Waals surface area contributed by atoms with E-state index < -0.39 is 0 Å². The monoisotopic (exact) mass is 313 g/mol. The van der Waals surface area contributed by atoms with E-state index in [1.54, 1.807) is 0 Å². The minimum atomic E-state index is -0.172. The van der Waals surface area contributed by atoms with Crippen LogP contribution in [0.2, 0.25) is 0 Å². The van der Waals surface area contributed by atoms with Crippen molar-refractivity contribution in [2.75, 3.05) is 20.2 Å². The van der Waals surface area contributed by atoms with Crippen molar-refractivity contribution in [3.8, 4) is 0 Å². The highest BCUT2D eigenvalue weighted by atomic mass is 16.5. The van der Waals surface area contributed by atoms with Gasteiger partial charge in [0, 0.05) is 13.1 Å². The molecule has 0 bridgehead atoms. The first-order chi connectivity index (χ1) is 10.0. The number of ether oxygens (including phenoxy) is 2. The summed E-state index contributed by atoms with van der Waals surface area (Å²) in [6.45, 7) is 15.0. The quantitative estimate of drug-likeness (QED) is 0.748. The fraction of sp³-hybridized carbons (Fsp3) is 0.882. The Bertz CT molecular complexity index is 386. The van der Waals surface area contributed by atoms with Crippen LogP contribution in [0.5, 0.6) is 0 Å². The Morgan fingerprint density at radius 3 is 2.14 bits per heavy atom. The lowest BCUT2D eigenvalue weighted by molar-refractivity contribution is -0.136. The number of methoxy groups -OCH3 is 1. The summed E-state index contributed by atoms with van der Waals surface area (Å²) < 4.78 is 9.66. The Balaban J connectivity index is 0.000000541. The average molecular weight is 313 g/mol. The van der Waals surface area contributed by atoms with E-state index in [9.17, 15) is 4.79 Å². The van der Waals surface area contributed by atoms with Gasteiger partial charge in [0.2, 0.25) is 5.91 Å². The molecule has 1 aliphatic heterocycles. The molecule has 5 nitrogen and oxygen atoms in total. The predicted molar refractivity (Wildman–Crippen MR) is 85.3 cm³/mol. The smallest absolute Gasteiger partial charge is 0.292 e. The predicted octanol–water partition coefficient (Wildman–Crippen LogP) is 2.48. The van der Waals surface area contributed by atoms with Gasteiger partial charge in [0.1, 0.15) is 0 Å². The molecule has 0 radical (unpaired) electrons. The Kier molecular flexibility index (Phi) is 6.02. The molecule has 1 saturated heterocycles. The molecule has 0 N–H and O–H groups in total. The molecule has 0 aromatic rings. The van der Waals surface area contributed by atoms with Crippen LogP contribution < -0.4 is 0 Å². The summed E-state index contributed by atoms with van der Waals surface area (Å²) in [7, 11) is 1.31. The fourth-order valence-electron chi connectivity index (χ4n) is 3.36. The van der Waals surface area contributed by atoms with E-state index in [4.69, 9.17) is 9.53 Å². The average Bonchev–Trinajstić information content (AvgIpc) is 2.79. The van der Waals surface area contributed by atoms with Crippen molar-refractivity contribution < 1.29 is 19.1 Å². The maximum Gasteiger partial charge on any atom is 0.292 e. The third-order valence-corrected chi connectivity index (χ3v) is 4.59. The van der Waals surface area contributed by atoms with E-state index in [0.29, 0.717) is 18.3 Å². The molecule has 2 unspecified atom stereocenters. The van der Waals surface area contributed by atoms with Gasteiger partial charge >= 0.3 is 0 Å². The topological polar surface area (TPSA) is 55.8 Å². The van der Waals surface area contributed by atoms with Crippen LogP contribution >= 0.6 is 0 Å². The number of likely N-dealkylation sites (tertiary alicyclic amines) is 1. The summed E-state index contributed by atoms with van der Waals surface area (Å²) >= 11 is 0. The molecule has 1 aliphatic carbocycles. The molecule has 0 aromatic carbocycles. The van der Waals surface area contributed by atoms with Gasteiger partial charge in [-0.05, 0) is 44.9 Å². The van der Waals surface area contributed by atoms with Crippen molar-refractivity contribution in [2.45, 2.75) is 59.7 Å². The van der Waals surface area contributed by atoms with Crippen LogP contribution in [0, 0.1) is 17.3 Å². The van der Waals surface area contributed by atoms with Crippen molar-refractivity contribution in [2.24, 2.45) is 17.3 Å². The van der Waals surface area contributed by atoms with Crippen LogP contribution in [0.1, 0.15) is 48.0 Å². The summed E-state index contributed by atoms with van der Waals surface area (Å²) in [5.74, 6) is 1.73. The van der Waals surface area contributed by atoms with Crippen molar-refractivity contribution in [3.63, 3.8) is 0 Å². The van der Waals surface area contributed by atoms with E-state index in [-0.39, 0.29) is 17.6 Å². The minimum absolute atomic E-state index is 0.00226. The summed E-state index contributed by atoms with van der Waals surface area (Å²) in [5, 5.41) is 0. The molecule has 5 heteroatoms. The fourth-order valence-corrected chi connectivity index (χ4v) is 3.36. The maximum atomic E-state index is 12.2. The SMILES string of the molecule is COC=O.C[C@H](CC(=O)N1CC2C(C1)C2(C)C)OC(C)(C)C. The minimum Gasteiger partial charge on any atom is -0.471 e. The first-order valence-corrected chi connectivity index (χ1v) is 7.95. The Morgan fingerprint density at radius 2 is 1.77 bits per heavy atom. The van der Waals surface area contributed by atoms with Gasteiger partial charge in [-0.1, -0.05) is 13.8 Å². The standard InChI is InChI=1S/C15H27NO2.C2H4O2/c1-10(18-14(2,3)4)7-13(17)16-8-11-12(9-16)15(11,5)6;1-4-2-3/h10-12H,7-9H2,1-6H3;2H,1H3/t10-,11?,12?;/m1./s1. The van der Waals surface area contributed by atoms with Crippen molar-refractivity contribution in [3.05, 3.63) is 0 Å². The second kappa shape index (κ2) is 6.99. The van der Waals surface area contributed by atoms with Gasteiger partial charge in [-0.15, -0.1) is 0 Å². The van der Waals surface area contributed by atoms with Gasteiger partial charge < -0.3 is 14.4 Å². The van der Waals surface area contributed by atoms with Crippen LogP contribution in [0.25, 0.3) is 0 Å². The van der Waals surface area contributed by atoms with Gasteiger partial charge in [-0.25, -0.2) is 0 Å². The molecule has 128 valence electrons. The molecular weight excluding hydrogens is 282 g/mol. The van der Waals surface area contributed by atoms with Gasteiger partial charge in [0.25, 0.3) is 6.47 Å². The van der Waals surface area contributed by atoms with Crippen LogP contribution in [-0.2, 0) is 19.1 Å². The molecule has 3 atom stereocenters. The zero-order chi connectivity index (χ0) is 17.1. The number of rotatable bonds is 4. The Morgan fingerprint density at radius 1 is 1.32 bits per heavy atom. The van der Waals surface area contributed by atoms with Crippen LogP contribution in [0.3, 0.4) is 0 Å². The molecule has 0 aromatic heterocycles. The zero-order valence-electron chi connectivity index (χ0n) is 15.0. The molecule has 22 heavy (non-hydrogen) atoms. The number of piperidine rings is 1. The summed E-state index contributed by atoms with van der Waals surface area (Å²) in [6, 6.07) is 0. The Hall–Kier alpha value is -1.10. The highest BCUT2D eigenvalue weighted by molar-refractivity contribution is 5.77. The zero-order valence-corrected chi connectivity index (χ0v) is 15.0. The highest BCUT2D eigenvalue weighted by Gasteiger charge is 2.62. The molecule has 2 aliphatic rings. The maximum absolute atomic E-state index is 12.2. The van der Waals surface area contributed by atoms with Crippen molar-refractivity contribution in [1.82, 2.24) is 4.90 Å². The number of nitrogens with zero attached hydrogens (tertiary/aromatic N) is 1. The molecule has 0 spiro atoms. The van der Waals surface area contributed by atoms with E-state index in [1.807, 2.05) is 32.6 Å². The van der Waals surface area contributed by atoms with Crippen LogP contribution in [0.4, 0.5) is 0 Å². The highest BCUT2D eigenvalue weighted by Crippen LogP contribution is 2.61. The molecule has 2 fully saturated rings. The summed E-state index contributed by atoms with van der Waals surface area (Å²) in [6.07, 6.45) is 0.513. The van der Waals surface area contributed by atoms with E-state index in [2.05, 4.69) is 18.6 Å². The molecular formula is C17H31NO4. The lowest BCUT2D eigenvalue weighted by atomic mass is 10.1. The number of amides is 1. The number of carbonyl (C=O) groups excluding carboxylic acids is 2. The van der Waals surface area contributed by atoms with Crippen LogP contribution in [-0.4, -0.2) is 49.2 Å². The third-order valence-electron chi connectivity index (χ3n) is 4.59. The summed E-state index contributed by atoms with van der Waals surface area (Å²) in [5.41, 5.74) is 0.305. The van der Waals surface area contributed by atoms with Gasteiger partial charge in [-0.3, -0.25) is 9.59 Å². The first-order valence-electron chi connectivity index (χ1n) is 7.95. The largest absolute Gasteiger partial charge is 0.471 e. The van der Waals surface area contributed by atoms with Crippen molar-refractivity contribution >= 4 is 12.4 Å². The molecule has 1 saturated carbocycles. The van der Waals surface area contributed by atoms with Gasteiger partial charge in [0.05, 0.1) is 25.2 Å². The molecule has 2 rings (SSSR count). The first kappa shape index (κ1) is 18.9. The van der Waals surface area contributed by atoms with Crippen molar-refractivity contribution in [1.29, 1.82) is 0 Å². The Labute approximate surface area is 134 Å². The normalized spacial score (nSPS) is 26.4. The summed E-state index contributed by atoms with van der Waals surface area (Å²) in [4.78, 5) is 23.1. The number of hydrogen-bond acceptors (Lipinski definition) is 4. The number of hydrogen-bond donors (Lipinski definition) is 0. The van der Waals surface area contributed by atoms with E-state index in [1.165, 1.54) is 7.11 Å². The molecule has 1 heterocycles. The van der Waals surface area contributed by atoms with Gasteiger partial charge in [-0.2, -0.15) is 0 Å². The van der Waals surface area contributed by atoms with E-state index >= 15 is 0 Å². The number of fused-ring (bicyclic) bond motifs is 1. The van der Waals surface area contributed by atoms with E-state index in [0.717, 1.165) is 24.9 Å². The van der Waals surface area contributed by atoms with Gasteiger partial charge in [0.15, 0.2) is 0 Å². The molecule has 1 amide bonds. The third kappa shape index (κ3) is 4.97. The second-order valence-corrected chi connectivity index (χ2v) is 7.91. The number of carbonyl (C=O) groups is 2. The lowest BCUT2D eigenvalue weighted by Crippen LogP contribution is -2.36. The second-order valence-electron chi connectivity index (χ2n) is 7.91.